The van der Waals surface area contributed by atoms with E-state index in [4.69, 9.17) is 24.4 Å². The first kappa shape index (κ1) is 48.3. The fourth-order valence-electron chi connectivity index (χ4n) is 13.4. The van der Waals surface area contributed by atoms with Gasteiger partial charge in [-0.3, -0.25) is 19.9 Å². The zero-order chi connectivity index (χ0) is 56.0. The molecule has 0 aliphatic rings. The predicted octanol–water partition coefficient (Wildman–Crippen LogP) is 21.4. The molecule has 0 atom stereocenters. The van der Waals surface area contributed by atoms with E-state index in [0.29, 0.717) is 0 Å². The lowest BCUT2D eigenvalue weighted by Gasteiger charge is -2.19. The Balaban J connectivity index is 0.902. The number of benzene rings is 12. The summed E-state index contributed by atoms with van der Waals surface area (Å²) in [6.07, 6.45) is 7.55. The Morgan fingerprint density at radius 3 is 1.19 bits per heavy atom. The Bertz CT molecular complexity index is 5280. The maximum absolute atomic E-state index is 6.76. The molecule has 12 aromatic carbocycles. The first-order valence-corrected chi connectivity index (χ1v) is 28.8. The van der Waals surface area contributed by atoms with Crippen molar-refractivity contribution in [2.45, 2.75) is 0 Å². The Morgan fingerprint density at radius 2 is 0.635 bits per heavy atom. The van der Waals surface area contributed by atoms with Crippen molar-refractivity contribution < 1.29 is 4.42 Å². The molecule has 0 N–H and O–H groups in total. The van der Waals surface area contributed by atoms with E-state index in [0.717, 1.165) is 144 Å². The van der Waals surface area contributed by atoms with Gasteiger partial charge in [0.2, 0.25) is 0 Å². The van der Waals surface area contributed by atoms with Gasteiger partial charge in [0, 0.05) is 68.2 Å². The number of hydrogen-bond donors (Lipinski definition) is 0. The van der Waals surface area contributed by atoms with Gasteiger partial charge in [-0.05, 0) is 172 Å². The summed E-state index contributed by atoms with van der Waals surface area (Å²) in [7, 11) is 0. The van der Waals surface area contributed by atoms with Gasteiger partial charge in [-0.15, -0.1) is 0 Å². The van der Waals surface area contributed by atoms with E-state index >= 15 is 0 Å². The maximum atomic E-state index is 6.76. The summed E-state index contributed by atoms with van der Waals surface area (Å²) in [5, 5.41) is 13.8. The van der Waals surface area contributed by atoms with Crippen molar-refractivity contribution in [2.75, 3.05) is 0 Å². The van der Waals surface area contributed by atoms with Gasteiger partial charge in [-0.2, -0.15) is 0 Å². The maximum Gasteiger partial charge on any atom is 0.161 e. The lowest BCUT2D eigenvalue weighted by Crippen LogP contribution is -1.95. The third kappa shape index (κ3) is 7.93. The first-order valence-electron chi connectivity index (χ1n) is 28.8. The van der Waals surface area contributed by atoms with E-state index in [1.54, 1.807) is 0 Å². The van der Waals surface area contributed by atoms with Crippen molar-refractivity contribution in [1.82, 2.24) is 19.9 Å². The minimum absolute atomic E-state index is 0.746. The molecule has 0 aliphatic heterocycles. The van der Waals surface area contributed by atoms with Crippen molar-refractivity contribution >= 4 is 86.8 Å². The van der Waals surface area contributed by atoms with E-state index in [1.165, 1.54) is 32.3 Å². The molecule has 0 unspecified atom stereocenters. The molecule has 0 radical (unpaired) electrons. The van der Waals surface area contributed by atoms with Gasteiger partial charge >= 0.3 is 0 Å². The minimum atomic E-state index is 0.746. The summed E-state index contributed by atoms with van der Waals surface area (Å²) in [5.74, 6) is 0. The summed E-state index contributed by atoms with van der Waals surface area (Å²) in [6.45, 7) is 0. The standard InChI is InChI=1S/C80H48N4O/c1-3-19-57(55(17-1)49-32-36-69-72(46-49)63-25-9-7-23-61(63)67-28-15-40-82-77(67)69)52-43-53(58-20-4-2-18-56(58)50-33-37-70-73(47-50)64-26-10-8-24-62(64)68-29-16-41-83-78(68)70)45-54(44-52)59-21-5-6-22-60(59)65-35-34-51(75-30-13-14-39-81-75)48-74(65)79-80-71(38-42-84-79)66-27-11-12-31-76(66)85-80/h1-48H. The highest BCUT2D eigenvalue weighted by molar-refractivity contribution is 6.26. The number of fused-ring (bicyclic) bond motifs is 15. The van der Waals surface area contributed by atoms with Crippen molar-refractivity contribution in [3.8, 4) is 89.3 Å². The van der Waals surface area contributed by atoms with Crippen molar-refractivity contribution in [2.24, 2.45) is 0 Å². The molecule has 0 saturated heterocycles. The normalized spacial score (nSPS) is 11.8. The third-order valence-corrected chi connectivity index (χ3v) is 17.3. The van der Waals surface area contributed by atoms with Crippen LogP contribution in [0.4, 0.5) is 0 Å². The largest absolute Gasteiger partial charge is 0.454 e. The van der Waals surface area contributed by atoms with Crippen molar-refractivity contribution in [3.63, 3.8) is 0 Å². The van der Waals surface area contributed by atoms with Crippen molar-refractivity contribution in [3.05, 3.63) is 292 Å². The molecule has 0 saturated carbocycles. The molecule has 0 aliphatic carbocycles. The lowest BCUT2D eigenvalue weighted by molar-refractivity contribution is 0.668. The summed E-state index contributed by atoms with van der Waals surface area (Å²) in [4.78, 5) is 19.9. The smallest absolute Gasteiger partial charge is 0.161 e. The van der Waals surface area contributed by atoms with E-state index in [2.05, 4.69) is 231 Å². The molecular formula is C80H48N4O. The van der Waals surface area contributed by atoms with Gasteiger partial charge in [0.15, 0.2) is 5.58 Å². The van der Waals surface area contributed by atoms with Crippen LogP contribution < -0.4 is 0 Å². The Hall–Kier alpha value is -11.4. The quantitative estimate of drug-likeness (QED) is 0.142. The summed E-state index contributed by atoms with van der Waals surface area (Å²) >= 11 is 0. The molecule has 0 spiro atoms. The van der Waals surface area contributed by atoms with E-state index in [9.17, 15) is 0 Å². The van der Waals surface area contributed by atoms with Gasteiger partial charge in [0.05, 0.1) is 16.7 Å². The molecule has 5 aromatic heterocycles. The van der Waals surface area contributed by atoms with Crippen LogP contribution in [0.3, 0.4) is 0 Å². The molecule has 5 heterocycles. The van der Waals surface area contributed by atoms with Crippen LogP contribution in [0.15, 0.2) is 296 Å². The van der Waals surface area contributed by atoms with Crippen LogP contribution in [0.2, 0.25) is 0 Å². The molecule has 394 valence electrons. The van der Waals surface area contributed by atoms with Crippen LogP contribution in [0.5, 0.6) is 0 Å². The molecule has 0 bridgehead atoms. The summed E-state index contributed by atoms with van der Waals surface area (Å²) < 4.78 is 6.76. The number of nitrogens with zero attached hydrogens (tertiary/aromatic N) is 4. The highest BCUT2D eigenvalue weighted by Crippen LogP contribution is 2.47. The van der Waals surface area contributed by atoms with Crippen LogP contribution in [-0.2, 0) is 0 Å². The van der Waals surface area contributed by atoms with Gasteiger partial charge in [0.25, 0.3) is 0 Å². The third-order valence-electron chi connectivity index (χ3n) is 17.3. The number of rotatable bonds is 8. The van der Waals surface area contributed by atoms with Crippen LogP contribution in [0.1, 0.15) is 0 Å². The second kappa shape index (κ2) is 19.7. The number of pyridine rings is 4. The van der Waals surface area contributed by atoms with Crippen LogP contribution >= 0.6 is 0 Å². The number of aromatic nitrogens is 4. The molecule has 17 aromatic rings. The molecule has 85 heavy (non-hydrogen) atoms. The molecular weight excluding hydrogens is 1030 g/mol. The number of para-hydroxylation sites is 1. The van der Waals surface area contributed by atoms with Crippen LogP contribution in [0.25, 0.3) is 176 Å². The lowest BCUT2D eigenvalue weighted by atomic mass is 9.84. The van der Waals surface area contributed by atoms with Gasteiger partial charge in [-0.25, -0.2) is 0 Å². The monoisotopic (exact) mass is 1080 g/mol. The van der Waals surface area contributed by atoms with Crippen LogP contribution in [0, 0.1) is 0 Å². The SMILES string of the molecule is c1ccc(-c2ccc(-c3ccccc3-c3cc(-c4ccccc4-c4ccc5c(c4)c4ccccc4c4cccnc45)cc(-c4ccccc4-c4ccc5c(c4)c4ccccc4c4cccnc45)c3)c(-c3nccc4c3oc3ccccc34)c2)nc1. The molecule has 17 rings (SSSR count). The molecule has 5 nitrogen and oxygen atoms in total. The Morgan fingerprint density at radius 1 is 0.212 bits per heavy atom. The Labute approximate surface area is 489 Å². The minimum Gasteiger partial charge on any atom is -0.454 e. The first-order chi connectivity index (χ1) is 42.2. The van der Waals surface area contributed by atoms with Gasteiger partial charge in [0.1, 0.15) is 11.3 Å². The highest BCUT2D eigenvalue weighted by atomic mass is 16.3. The Kier molecular flexibility index (Phi) is 11.2. The van der Waals surface area contributed by atoms with Crippen molar-refractivity contribution in [1.29, 1.82) is 0 Å². The van der Waals surface area contributed by atoms with E-state index < -0.39 is 0 Å². The van der Waals surface area contributed by atoms with Crippen LogP contribution in [-0.4, -0.2) is 19.9 Å². The zero-order valence-corrected chi connectivity index (χ0v) is 45.9. The van der Waals surface area contributed by atoms with Gasteiger partial charge < -0.3 is 4.42 Å². The average molecular weight is 1080 g/mol. The topological polar surface area (TPSA) is 64.7 Å². The molecule has 5 heteroatoms. The fourth-order valence-corrected chi connectivity index (χ4v) is 13.4. The van der Waals surface area contributed by atoms with E-state index in [1.807, 2.05) is 61.2 Å². The number of hydrogen-bond acceptors (Lipinski definition) is 5. The molecule has 0 fully saturated rings. The summed E-state index contributed by atoms with van der Waals surface area (Å²) in [6, 6.07) is 96.4. The van der Waals surface area contributed by atoms with E-state index in [-0.39, 0.29) is 0 Å². The second-order valence-electron chi connectivity index (χ2n) is 22.0. The van der Waals surface area contributed by atoms with Gasteiger partial charge in [-0.1, -0.05) is 194 Å². The average Bonchev–Trinajstić information content (AvgIpc) is 3.22. The highest BCUT2D eigenvalue weighted by Gasteiger charge is 2.23. The number of furan rings is 1. The predicted molar refractivity (Wildman–Crippen MR) is 353 cm³/mol. The fraction of sp³-hybridized carbons (Fsp3) is 0. The second-order valence-corrected chi connectivity index (χ2v) is 22.0. The zero-order valence-electron chi connectivity index (χ0n) is 45.9. The summed E-state index contributed by atoms with van der Waals surface area (Å²) in [5.41, 5.74) is 20.4. The molecule has 0 amide bonds.